The number of hydrogen-bond donors (Lipinski definition) is 0. The Hall–Kier alpha value is -1.52. The van der Waals surface area contributed by atoms with E-state index >= 15 is 0 Å². The maximum Gasteiger partial charge on any atom is 0.393 e. The van der Waals surface area contributed by atoms with Gasteiger partial charge in [-0.2, -0.15) is 0 Å². The Morgan fingerprint density at radius 2 is 2.07 bits per heavy atom. The Kier molecular flexibility index (Phi) is 2.75. The summed E-state index contributed by atoms with van der Waals surface area (Å²) < 4.78 is 14.7. The summed E-state index contributed by atoms with van der Waals surface area (Å²) in [5, 5.41) is 0. The van der Waals surface area contributed by atoms with Gasteiger partial charge in [0.2, 0.25) is 0 Å². The highest BCUT2D eigenvalue weighted by molar-refractivity contribution is 5.88. The maximum absolute atomic E-state index is 11.6. The molecule has 0 N–H and O–H groups in total. The molecular formula is C10H14O5. The van der Waals surface area contributed by atoms with Gasteiger partial charge in [-0.05, 0) is 0 Å². The molecule has 0 radical (unpaired) electrons. The standard InChI is InChI=1S/C10H14O5/c1-9(2,3)10(8(12)13-4)14-6-5-7(11)15-10/h5-6H,1-4H3. The van der Waals surface area contributed by atoms with Crippen LogP contribution in [0.15, 0.2) is 12.3 Å². The predicted octanol–water partition coefficient (Wildman–Crippen LogP) is 0.989. The lowest BCUT2D eigenvalue weighted by atomic mass is 9.85. The van der Waals surface area contributed by atoms with Gasteiger partial charge >= 0.3 is 17.7 Å². The first-order chi connectivity index (χ1) is 6.83. The summed E-state index contributed by atoms with van der Waals surface area (Å²) in [7, 11) is 1.21. The predicted molar refractivity (Wildman–Crippen MR) is 50.5 cm³/mol. The van der Waals surface area contributed by atoms with Gasteiger partial charge in [0.05, 0.1) is 24.9 Å². The van der Waals surface area contributed by atoms with E-state index in [1.54, 1.807) is 20.8 Å². The Morgan fingerprint density at radius 3 is 2.47 bits per heavy atom. The number of rotatable bonds is 1. The number of hydrogen-bond acceptors (Lipinski definition) is 5. The van der Waals surface area contributed by atoms with Crippen LogP contribution in [0.5, 0.6) is 0 Å². The van der Waals surface area contributed by atoms with Gasteiger partial charge in [0.15, 0.2) is 0 Å². The van der Waals surface area contributed by atoms with Gasteiger partial charge in [-0.25, -0.2) is 9.59 Å². The van der Waals surface area contributed by atoms with Crippen LogP contribution < -0.4 is 0 Å². The van der Waals surface area contributed by atoms with Gasteiger partial charge in [-0.15, -0.1) is 0 Å². The molecule has 0 saturated heterocycles. The van der Waals surface area contributed by atoms with Gasteiger partial charge in [-0.3, -0.25) is 0 Å². The van der Waals surface area contributed by atoms with Gasteiger partial charge in [0, 0.05) is 0 Å². The van der Waals surface area contributed by atoms with Crippen molar-refractivity contribution < 1.29 is 23.8 Å². The average molecular weight is 214 g/mol. The SMILES string of the molecule is COC(=O)C1(C(C)(C)C)OC=CC(=O)O1. The molecule has 0 aromatic heterocycles. The fourth-order valence-corrected chi connectivity index (χ4v) is 1.25. The first-order valence-corrected chi connectivity index (χ1v) is 4.49. The summed E-state index contributed by atoms with van der Waals surface area (Å²) in [4.78, 5) is 22.8. The van der Waals surface area contributed by atoms with Crippen molar-refractivity contribution in [1.82, 2.24) is 0 Å². The van der Waals surface area contributed by atoms with Crippen LogP contribution in [0, 0.1) is 5.41 Å². The molecular weight excluding hydrogens is 200 g/mol. The van der Waals surface area contributed by atoms with Crippen molar-refractivity contribution in [2.45, 2.75) is 26.6 Å². The summed E-state index contributed by atoms with van der Waals surface area (Å²) in [6.07, 6.45) is 2.25. The minimum absolute atomic E-state index is 0.624. The van der Waals surface area contributed by atoms with Crippen LogP contribution in [-0.4, -0.2) is 24.8 Å². The molecule has 5 heteroatoms. The zero-order valence-corrected chi connectivity index (χ0v) is 9.20. The first-order valence-electron chi connectivity index (χ1n) is 4.49. The van der Waals surface area contributed by atoms with Crippen LogP contribution in [0.4, 0.5) is 0 Å². The number of cyclic esters (lactones) is 1. The second-order valence-electron chi connectivity index (χ2n) is 4.20. The summed E-state index contributed by atoms with van der Waals surface area (Å²) in [6, 6.07) is 0. The molecule has 0 aromatic carbocycles. The second kappa shape index (κ2) is 3.56. The molecule has 1 rings (SSSR count). The van der Waals surface area contributed by atoms with E-state index < -0.39 is 23.1 Å². The largest absolute Gasteiger partial charge is 0.463 e. The van der Waals surface area contributed by atoms with Gasteiger partial charge in [0.1, 0.15) is 0 Å². The molecule has 0 bridgehead atoms. The van der Waals surface area contributed by atoms with Crippen molar-refractivity contribution >= 4 is 11.9 Å². The molecule has 0 saturated carbocycles. The number of methoxy groups -OCH3 is 1. The van der Waals surface area contributed by atoms with E-state index in [4.69, 9.17) is 9.47 Å². The molecule has 0 aromatic rings. The van der Waals surface area contributed by atoms with Gasteiger partial charge < -0.3 is 14.2 Å². The van der Waals surface area contributed by atoms with Gasteiger partial charge in [-0.1, -0.05) is 20.8 Å². The fourth-order valence-electron chi connectivity index (χ4n) is 1.25. The van der Waals surface area contributed by atoms with Crippen molar-refractivity contribution in [3.05, 3.63) is 12.3 Å². The number of carbonyl (C=O) groups excluding carboxylic acids is 2. The summed E-state index contributed by atoms with van der Waals surface area (Å²) >= 11 is 0. The van der Waals surface area contributed by atoms with E-state index in [9.17, 15) is 9.59 Å². The third-order valence-corrected chi connectivity index (χ3v) is 2.12. The molecule has 5 nitrogen and oxygen atoms in total. The molecule has 0 fully saturated rings. The molecule has 1 aliphatic heterocycles. The van der Waals surface area contributed by atoms with Crippen LogP contribution in [-0.2, 0) is 23.8 Å². The fraction of sp³-hybridized carbons (Fsp3) is 0.600. The Labute approximate surface area is 88.0 Å². The van der Waals surface area contributed by atoms with E-state index in [-0.39, 0.29) is 0 Å². The number of ether oxygens (including phenoxy) is 3. The highest BCUT2D eigenvalue weighted by Gasteiger charge is 2.57. The summed E-state index contributed by atoms with van der Waals surface area (Å²) in [5.41, 5.74) is -0.722. The molecule has 0 amide bonds. The van der Waals surface area contributed by atoms with Crippen molar-refractivity contribution in [3.63, 3.8) is 0 Å². The van der Waals surface area contributed by atoms with E-state index in [1.165, 1.54) is 7.11 Å². The maximum atomic E-state index is 11.6. The van der Waals surface area contributed by atoms with Crippen molar-refractivity contribution in [2.75, 3.05) is 7.11 Å². The molecule has 1 aliphatic rings. The normalized spacial score (nSPS) is 25.5. The minimum Gasteiger partial charge on any atom is -0.463 e. The smallest absolute Gasteiger partial charge is 0.393 e. The highest BCUT2D eigenvalue weighted by Crippen LogP contribution is 2.38. The van der Waals surface area contributed by atoms with E-state index in [1.807, 2.05) is 0 Å². The van der Waals surface area contributed by atoms with Crippen LogP contribution in [0.2, 0.25) is 0 Å². The highest BCUT2D eigenvalue weighted by atomic mass is 16.7. The zero-order chi connectivity index (χ0) is 11.7. The lowest BCUT2D eigenvalue weighted by molar-refractivity contribution is -0.260. The summed E-state index contributed by atoms with van der Waals surface area (Å²) in [6.45, 7) is 5.16. The third kappa shape index (κ3) is 1.82. The quantitative estimate of drug-likeness (QED) is 0.609. The van der Waals surface area contributed by atoms with Crippen LogP contribution in [0.3, 0.4) is 0 Å². The lowest BCUT2D eigenvalue weighted by Gasteiger charge is -2.40. The van der Waals surface area contributed by atoms with Crippen LogP contribution >= 0.6 is 0 Å². The van der Waals surface area contributed by atoms with Crippen molar-refractivity contribution in [3.8, 4) is 0 Å². The van der Waals surface area contributed by atoms with Crippen LogP contribution in [0.1, 0.15) is 20.8 Å². The third-order valence-electron chi connectivity index (χ3n) is 2.12. The van der Waals surface area contributed by atoms with E-state index in [2.05, 4.69) is 4.74 Å². The average Bonchev–Trinajstić information content (AvgIpc) is 2.14. The number of carbonyl (C=O) groups is 2. The summed E-state index contributed by atoms with van der Waals surface area (Å²) in [5.74, 6) is -3.05. The lowest BCUT2D eigenvalue weighted by Crippen LogP contribution is -2.56. The van der Waals surface area contributed by atoms with Crippen molar-refractivity contribution in [2.24, 2.45) is 5.41 Å². The van der Waals surface area contributed by atoms with Crippen LogP contribution in [0.25, 0.3) is 0 Å². The van der Waals surface area contributed by atoms with E-state index in [0.717, 1.165) is 12.3 Å². The monoisotopic (exact) mass is 214 g/mol. The molecule has 1 heterocycles. The Morgan fingerprint density at radius 1 is 1.47 bits per heavy atom. The molecule has 0 spiro atoms. The molecule has 1 atom stereocenters. The first kappa shape index (κ1) is 11.6. The number of esters is 2. The van der Waals surface area contributed by atoms with Gasteiger partial charge in [0.25, 0.3) is 0 Å². The van der Waals surface area contributed by atoms with Crippen molar-refractivity contribution in [1.29, 1.82) is 0 Å². The molecule has 1 unspecified atom stereocenters. The molecule has 15 heavy (non-hydrogen) atoms. The Balaban J connectivity index is 3.14. The minimum atomic E-state index is -1.70. The zero-order valence-electron chi connectivity index (χ0n) is 9.20. The molecule has 84 valence electrons. The molecule has 0 aliphatic carbocycles. The topological polar surface area (TPSA) is 61.8 Å². The Bertz CT molecular complexity index is 312. The second-order valence-corrected chi connectivity index (χ2v) is 4.20. The van der Waals surface area contributed by atoms with E-state index in [0.29, 0.717) is 0 Å².